The Balaban J connectivity index is 1.72. The van der Waals surface area contributed by atoms with Crippen molar-refractivity contribution in [2.24, 2.45) is 0 Å². The summed E-state index contributed by atoms with van der Waals surface area (Å²) >= 11 is 9.36. The van der Waals surface area contributed by atoms with E-state index in [2.05, 4.69) is 21.2 Å². The third-order valence-corrected chi connectivity index (χ3v) is 9.07. The van der Waals surface area contributed by atoms with E-state index in [4.69, 9.17) is 11.6 Å². The van der Waals surface area contributed by atoms with Gasteiger partial charge in [-0.05, 0) is 54.3 Å². The molecule has 4 rings (SSSR count). The van der Waals surface area contributed by atoms with E-state index in [-0.39, 0.29) is 35.6 Å². The fourth-order valence-corrected chi connectivity index (χ4v) is 6.24. The van der Waals surface area contributed by atoms with E-state index in [0.717, 1.165) is 57.9 Å². The number of amides is 2. The first-order valence-corrected chi connectivity index (χ1v) is 16.3. The van der Waals surface area contributed by atoms with E-state index in [1.807, 2.05) is 54.6 Å². The molecule has 0 aromatic heterocycles. The first-order chi connectivity index (χ1) is 19.5. The second kappa shape index (κ2) is 13.8. The van der Waals surface area contributed by atoms with E-state index >= 15 is 0 Å². The van der Waals surface area contributed by atoms with Crippen LogP contribution in [0, 0.1) is 5.82 Å². The number of nitrogens with one attached hydrogen (secondary N) is 1. The molecule has 3 aromatic rings. The number of hydrogen-bond acceptors (Lipinski definition) is 4. The Labute approximate surface area is 253 Å². The van der Waals surface area contributed by atoms with Crippen molar-refractivity contribution < 1.29 is 22.4 Å². The van der Waals surface area contributed by atoms with Gasteiger partial charge in [-0.2, -0.15) is 0 Å². The van der Waals surface area contributed by atoms with Crippen LogP contribution in [0.5, 0.6) is 0 Å². The van der Waals surface area contributed by atoms with Crippen LogP contribution in [0.1, 0.15) is 36.8 Å². The van der Waals surface area contributed by atoms with Crippen LogP contribution in [-0.4, -0.2) is 50.0 Å². The summed E-state index contributed by atoms with van der Waals surface area (Å²) < 4.78 is 41.3. The van der Waals surface area contributed by atoms with Gasteiger partial charge in [-0.3, -0.25) is 13.9 Å². The van der Waals surface area contributed by atoms with Gasteiger partial charge in [0.05, 0.1) is 17.0 Å². The Morgan fingerprint density at radius 3 is 2.29 bits per heavy atom. The fourth-order valence-electron chi connectivity index (χ4n) is 4.96. The van der Waals surface area contributed by atoms with Crippen LogP contribution in [0.3, 0.4) is 0 Å². The highest BCUT2D eigenvalue weighted by Crippen LogP contribution is 2.26. The minimum Gasteiger partial charge on any atom is -0.352 e. The molecule has 1 fully saturated rings. The van der Waals surface area contributed by atoms with Crippen molar-refractivity contribution in [3.63, 3.8) is 0 Å². The second-order valence-electron chi connectivity index (χ2n) is 10.2. The average Bonchev–Trinajstić information content (AvgIpc) is 3.45. The Morgan fingerprint density at radius 2 is 1.68 bits per heavy atom. The van der Waals surface area contributed by atoms with Crippen molar-refractivity contribution in [1.82, 2.24) is 10.2 Å². The van der Waals surface area contributed by atoms with Gasteiger partial charge in [0.2, 0.25) is 21.8 Å². The molecule has 0 spiro atoms. The van der Waals surface area contributed by atoms with Gasteiger partial charge in [0.1, 0.15) is 18.4 Å². The predicted octanol–water partition coefficient (Wildman–Crippen LogP) is 5.71. The number of hydrogen-bond donors (Lipinski definition) is 1. The van der Waals surface area contributed by atoms with Gasteiger partial charge < -0.3 is 10.2 Å². The minimum absolute atomic E-state index is 0.0271. The van der Waals surface area contributed by atoms with Gasteiger partial charge in [-0.25, -0.2) is 12.8 Å². The van der Waals surface area contributed by atoms with Gasteiger partial charge in [-0.15, -0.1) is 0 Å². The lowest BCUT2D eigenvalue weighted by Gasteiger charge is -2.34. The molecule has 0 radical (unpaired) electrons. The van der Waals surface area contributed by atoms with Crippen molar-refractivity contribution in [2.45, 2.75) is 50.7 Å². The molecule has 0 bridgehead atoms. The Kier molecular flexibility index (Phi) is 10.4. The quantitative estimate of drug-likeness (QED) is 0.285. The molecule has 0 unspecified atom stereocenters. The van der Waals surface area contributed by atoms with Crippen LogP contribution in [0.2, 0.25) is 5.02 Å². The maximum Gasteiger partial charge on any atom is 0.244 e. The number of carbonyl (C=O) groups is 2. The Bertz CT molecular complexity index is 1470. The third-order valence-electron chi connectivity index (χ3n) is 7.11. The zero-order valence-electron chi connectivity index (χ0n) is 22.6. The average molecular weight is 665 g/mol. The molecule has 1 atom stereocenters. The first-order valence-electron chi connectivity index (χ1n) is 13.3. The van der Waals surface area contributed by atoms with Gasteiger partial charge in [0, 0.05) is 23.5 Å². The molecule has 2 amide bonds. The maximum atomic E-state index is 14.1. The van der Waals surface area contributed by atoms with Gasteiger partial charge in [0.15, 0.2) is 0 Å². The zero-order valence-corrected chi connectivity index (χ0v) is 25.8. The van der Waals surface area contributed by atoms with Crippen molar-refractivity contribution in [3.8, 4) is 0 Å². The van der Waals surface area contributed by atoms with Crippen LogP contribution in [0.15, 0.2) is 77.3 Å². The Hall–Kier alpha value is -2.95. The van der Waals surface area contributed by atoms with E-state index in [0.29, 0.717) is 0 Å². The number of carbonyl (C=O) groups excluding carboxylic acids is 2. The van der Waals surface area contributed by atoms with E-state index in [1.54, 1.807) is 0 Å². The van der Waals surface area contributed by atoms with Crippen LogP contribution < -0.4 is 9.62 Å². The second-order valence-corrected chi connectivity index (χ2v) is 13.4. The molecule has 41 heavy (non-hydrogen) atoms. The normalized spacial score (nSPS) is 14.4. The highest BCUT2D eigenvalue weighted by molar-refractivity contribution is 9.10. The summed E-state index contributed by atoms with van der Waals surface area (Å²) in [5.74, 6) is -1.58. The highest BCUT2D eigenvalue weighted by atomic mass is 79.9. The van der Waals surface area contributed by atoms with Crippen molar-refractivity contribution in [1.29, 1.82) is 0 Å². The van der Waals surface area contributed by atoms with E-state index in [1.165, 1.54) is 17.0 Å². The molecule has 1 aliphatic rings. The standard InChI is InChI=1S/C30H32BrClFN3O4S/c1-41(39,40)36(25-15-16-27(33)26(32)18-25)20-29(37)35(19-22-11-13-23(31)14-12-22)28(17-21-7-3-2-4-8-21)30(38)34-24-9-5-6-10-24/h2-4,7-8,11-16,18,24,28H,5-6,9-10,17,19-20H2,1H3,(H,34,38)/t28-/m1/s1. The summed E-state index contributed by atoms with van der Waals surface area (Å²) in [6, 6.07) is 19.3. The van der Waals surface area contributed by atoms with Crippen LogP contribution in [-0.2, 0) is 32.6 Å². The van der Waals surface area contributed by atoms with E-state index in [9.17, 15) is 22.4 Å². The van der Waals surface area contributed by atoms with Crippen molar-refractivity contribution >= 4 is 55.1 Å². The van der Waals surface area contributed by atoms with E-state index < -0.39 is 34.3 Å². The lowest BCUT2D eigenvalue weighted by Crippen LogP contribution is -2.54. The van der Waals surface area contributed by atoms with Gasteiger partial charge in [-0.1, -0.05) is 82.8 Å². The Morgan fingerprint density at radius 1 is 1.02 bits per heavy atom. The summed E-state index contributed by atoms with van der Waals surface area (Å²) in [5.41, 5.74) is 1.67. The molecule has 11 heteroatoms. The molecular weight excluding hydrogens is 633 g/mol. The predicted molar refractivity (Wildman–Crippen MR) is 163 cm³/mol. The summed E-state index contributed by atoms with van der Waals surface area (Å²) in [7, 11) is -3.98. The fraction of sp³-hybridized carbons (Fsp3) is 0.333. The molecule has 218 valence electrons. The lowest BCUT2D eigenvalue weighted by molar-refractivity contribution is -0.140. The topological polar surface area (TPSA) is 86.8 Å². The first kappa shape index (κ1) is 31.0. The summed E-state index contributed by atoms with van der Waals surface area (Å²) in [5, 5.41) is 2.86. The molecule has 3 aromatic carbocycles. The molecular formula is C30H32BrClFN3O4S. The zero-order chi connectivity index (χ0) is 29.6. The molecule has 0 saturated heterocycles. The highest BCUT2D eigenvalue weighted by Gasteiger charge is 2.34. The van der Waals surface area contributed by atoms with Crippen molar-refractivity contribution in [2.75, 3.05) is 17.1 Å². The molecule has 1 N–H and O–H groups in total. The molecule has 7 nitrogen and oxygen atoms in total. The largest absolute Gasteiger partial charge is 0.352 e. The number of benzene rings is 3. The molecule has 0 aliphatic heterocycles. The van der Waals surface area contributed by atoms with Crippen LogP contribution in [0.25, 0.3) is 0 Å². The van der Waals surface area contributed by atoms with Crippen LogP contribution >= 0.6 is 27.5 Å². The molecule has 1 saturated carbocycles. The smallest absolute Gasteiger partial charge is 0.244 e. The number of anilines is 1. The number of sulfonamides is 1. The van der Waals surface area contributed by atoms with Crippen molar-refractivity contribution in [3.05, 3.63) is 99.2 Å². The van der Waals surface area contributed by atoms with Gasteiger partial charge >= 0.3 is 0 Å². The summed E-state index contributed by atoms with van der Waals surface area (Å²) in [6.07, 6.45) is 5.00. The number of halogens is 3. The lowest BCUT2D eigenvalue weighted by atomic mass is 10.0. The molecule has 0 heterocycles. The van der Waals surface area contributed by atoms with Gasteiger partial charge in [0.25, 0.3) is 0 Å². The summed E-state index contributed by atoms with van der Waals surface area (Å²) in [4.78, 5) is 29.4. The van der Waals surface area contributed by atoms with Crippen LogP contribution in [0.4, 0.5) is 10.1 Å². The SMILES string of the molecule is CS(=O)(=O)N(CC(=O)N(Cc1ccc(Br)cc1)[C@H](Cc1ccccc1)C(=O)NC1CCCC1)c1ccc(F)c(Cl)c1. The molecule has 1 aliphatic carbocycles. The minimum atomic E-state index is -3.98. The number of rotatable bonds is 11. The maximum absolute atomic E-state index is 14.1. The third kappa shape index (κ3) is 8.53. The summed E-state index contributed by atoms with van der Waals surface area (Å²) in [6.45, 7) is -0.525. The monoisotopic (exact) mass is 663 g/mol. The number of nitrogens with zero attached hydrogens (tertiary/aromatic N) is 2.